The van der Waals surface area contributed by atoms with Crippen LogP contribution >= 0.6 is 0 Å². The number of nitrogens with one attached hydrogen (secondary N) is 1. The molecule has 0 saturated heterocycles. The molecule has 0 aromatic heterocycles. The van der Waals surface area contributed by atoms with Gasteiger partial charge in [0.1, 0.15) is 0 Å². The van der Waals surface area contributed by atoms with Crippen LogP contribution in [0.1, 0.15) is 17.2 Å². The molecule has 104 valence electrons. The predicted molar refractivity (Wildman–Crippen MR) is 80.4 cm³/mol. The second kappa shape index (κ2) is 6.21. The van der Waals surface area contributed by atoms with Crippen LogP contribution < -0.4 is 11.1 Å². The van der Waals surface area contributed by atoms with Crippen molar-refractivity contribution < 1.29 is 9.53 Å². The summed E-state index contributed by atoms with van der Waals surface area (Å²) in [6.07, 6.45) is -0.642. The van der Waals surface area contributed by atoms with E-state index in [1.54, 1.807) is 12.1 Å². The Morgan fingerprint density at radius 1 is 1.20 bits per heavy atom. The van der Waals surface area contributed by atoms with Gasteiger partial charge in [-0.05, 0) is 30.2 Å². The molecule has 0 aliphatic heterocycles. The molecule has 4 heteroatoms. The molecule has 2 aromatic rings. The lowest BCUT2D eigenvalue weighted by Gasteiger charge is -2.17. The molecule has 0 heterocycles. The first-order valence-corrected chi connectivity index (χ1v) is 6.36. The minimum atomic E-state index is -0.642. The van der Waals surface area contributed by atoms with Crippen molar-refractivity contribution in [1.29, 1.82) is 0 Å². The molecule has 1 unspecified atom stereocenters. The molecule has 3 N–H and O–H groups in total. The standard InChI is InChI=1S/C16H18N2O2/c1-11-8-9-13(17)10-14(11)18-16(19)15(20-2)12-6-4-3-5-7-12/h3-10,15H,17H2,1-2H3,(H,18,19). The summed E-state index contributed by atoms with van der Waals surface area (Å²) in [5, 5.41) is 2.86. The Morgan fingerprint density at radius 2 is 1.90 bits per heavy atom. The van der Waals surface area contributed by atoms with Crippen molar-refractivity contribution in [3.05, 3.63) is 59.7 Å². The number of ether oxygens (including phenoxy) is 1. The quantitative estimate of drug-likeness (QED) is 0.840. The Balaban J connectivity index is 2.20. The molecule has 0 spiro atoms. The van der Waals surface area contributed by atoms with Crippen molar-refractivity contribution in [1.82, 2.24) is 0 Å². The Kier molecular flexibility index (Phi) is 4.38. The summed E-state index contributed by atoms with van der Waals surface area (Å²) in [6.45, 7) is 1.92. The van der Waals surface area contributed by atoms with Gasteiger partial charge in [0.05, 0.1) is 0 Å². The first kappa shape index (κ1) is 14.1. The highest BCUT2D eigenvalue weighted by atomic mass is 16.5. The molecule has 2 rings (SSSR count). The number of methoxy groups -OCH3 is 1. The van der Waals surface area contributed by atoms with Crippen LogP contribution in [0.2, 0.25) is 0 Å². The summed E-state index contributed by atoms with van der Waals surface area (Å²) in [5.74, 6) is -0.215. The van der Waals surface area contributed by atoms with Gasteiger partial charge in [-0.2, -0.15) is 0 Å². The first-order chi connectivity index (χ1) is 9.61. The maximum atomic E-state index is 12.3. The Bertz CT molecular complexity index is 597. The first-order valence-electron chi connectivity index (χ1n) is 6.36. The summed E-state index contributed by atoms with van der Waals surface area (Å²) in [5.41, 5.74) is 8.82. The Labute approximate surface area is 118 Å². The zero-order valence-electron chi connectivity index (χ0n) is 11.6. The van der Waals surface area contributed by atoms with E-state index >= 15 is 0 Å². The number of anilines is 2. The van der Waals surface area contributed by atoms with Crippen molar-refractivity contribution in [2.75, 3.05) is 18.2 Å². The maximum Gasteiger partial charge on any atom is 0.258 e. The van der Waals surface area contributed by atoms with E-state index in [1.807, 2.05) is 43.3 Å². The van der Waals surface area contributed by atoms with Crippen molar-refractivity contribution in [2.45, 2.75) is 13.0 Å². The molecule has 0 bridgehead atoms. The van der Waals surface area contributed by atoms with Crippen molar-refractivity contribution >= 4 is 17.3 Å². The number of hydrogen-bond donors (Lipinski definition) is 2. The summed E-state index contributed by atoms with van der Waals surface area (Å²) < 4.78 is 5.30. The average Bonchev–Trinajstić information content (AvgIpc) is 2.45. The molecule has 2 aromatic carbocycles. The third-order valence-electron chi connectivity index (χ3n) is 3.10. The van der Waals surface area contributed by atoms with E-state index in [2.05, 4.69) is 5.32 Å². The number of hydrogen-bond acceptors (Lipinski definition) is 3. The van der Waals surface area contributed by atoms with Crippen LogP contribution in [0.25, 0.3) is 0 Å². The van der Waals surface area contributed by atoms with E-state index in [0.29, 0.717) is 11.4 Å². The van der Waals surface area contributed by atoms with E-state index in [9.17, 15) is 4.79 Å². The molecule has 0 radical (unpaired) electrons. The highest BCUT2D eigenvalue weighted by molar-refractivity contribution is 5.95. The zero-order chi connectivity index (χ0) is 14.5. The van der Waals surface area contributed by atoms with Gasteiger partial charge in [0.15, 0.2) is 6.10 Å². The molecule has 0 aliphatic carbocycles. The van der Waals surface area contributed by atoms with Gasteiger partial charge in [0.25, 0.3) is 5.91 Å². The monoisotopic (exact) mass is 270 g/mol. The van der Waals surface area contributed by atoms with Gasteiger partial charge in [-0.1, -0.05) is 36.4 Å². The predicted octanol–water partition coefficient (Wildman–Crippen LogP) is 2.90. The minimum absolute atomic E-state index is 0.215. The van der Waals surface area contributed by atoms with E-state index in [-0.39, 0.29) is 5.91 Å². The lowest BCUT2D eigenvalue weighted by atomic mass is 10.1. The van der Waals surface area contributed by atoms with Gasteiger partial charge in [-0.3, -0.25) is 4.79 Å². The van der Waals surface area contributed by atoms with E-state index in [4.69, 9.17) is 10.5 Å². The van der Waals surface area contributed by atoms with Crippen LogP contribution in [0.3, 0.4) is 0 Å². The zero-order valence-corrected chi connectivity index (χ0v) is 11.6. The normalized spacial score (nSPS) is 11.9. The fourth-order valence-electron chi connectivity index (χ4n) is 1.99. The molecular weight excluding hydrogens is 252 g/mol. The number of rotatable bonds is 4. The molecule has 1 atom stereocenters. The van der Waals surface area contributed by atoms with Crippen LogP contribution in [0.5, 0.6) is 0 Å². The van der Waals surface area contributed by atoms with E-state index < -0.39 is 6.10 Å². The van der Waals surface area contributed by atoms with E-state index in [0.717, 1.165) is 11.1 Å². The molecule has 0 aliphatic rings. The summed E-state index contributed by atoms with van der Waals surface area (Å²) >= 11 is 0. The molecule has 4 nitrogen and oxygen atoms in total. The largest absolute Gasteiger partial charge is 0.399 e. The number of carbonyl (C=O) groups excluding carboxylic acids is 1. The molecule has 0 saturated carbocycles. The number of nitrogens with two attached hydrogens (primary N) is 1. The average molecular weight is 270 g/mol. The lowest BCUT2D eigenvalue weighted by Crippen LogP contribution is -2.23. The number of nitrogen functional groups attached to an aromatic ring is 1. The summed E-state index contributed by atoms with van der Waals surface area (Å²) in [7, 11) is 1.52. The van der Waals surface area contributed by atoms with Crippen molar-refractivity contribution in [3.8, 4) is 0 Å². The van der Waals surface area contributed by atoms with Crippen LogP contribution in [-0.4, -0.2) is 13.0 Å². The van der Waals surface area contributed by atoms with Crippen LogP contribution in [0.15, 0.2) is 48.5 Å². The van der Waals surface area contributed by atoms with Crippen LogP contribution in [0, 0.1) is 6.92 Å². The Morgan fingerprint density at radius 3 is 2.55 bits per heavy atom. The maximum absolute atomic E-state index is 12.3. The highest BCUT2D eigenvalue weighted by Gasteiger charge is 2.20. The summed E-state index contributed by atoms with van der Waals surface area (Å²) in [6, 6.07) is 14.8. The lowest BCUT2D eigenvalue weighted by molar-refractivity contribution is -0.126. The number of carbonyl (C=O) groups is 1. The van der Waals surface area contributed by atoms with Gasteiger partial charge >= 0.3 is 0 Å². The van der Waals surface area contributed by atoms with Gasteiger partial charge in [-0.15, -0.1) is 0 Å². The minimum Gasteiger partial charge on any atom is -0.399 e. The van der Waals surface area contributed by atoms with Crippen molar-refractivity contribution in [2.24, 2.45) is 0 Å². The molecular formula is C16H18N2O2. The fraction of sp³-hybridized carbons (Fsp3) is 0.188. The summed E-state index contributed by atoms with van der Waals surface area (Å²) in [4.78, 5) is 12.3. The topological polar surface area (TPSA) is 64.3 Å². The second-order valence-corrected chi connectivity index (χ2v) is 4.59. The number of amides is 1. The molecule has 20 heavy (non-hydrogen) atoms. The molecule has 1 amide bonds. The third-order valence-corrected chi connectivity index (χ3v) is 3.10. The van der Waals surface area contributed by atoms with Gasteiger partial charge in [-0.25, -0.2) is 0 Å². The van der Waals surface area contributed by atoms with E-state index in [1.165, 1.54) is 7.11 Å². The van der Waals surface area contributed by atoms with Gasteiger partial charge < -0.3 is 15.8 Å². The molecule has 0 fully saturated rings. The Hall–Kier alpha value is -2.33. The third kappa shape index (κ3) is 3.16. The van der Waals surface area contributed by atoms with Gasteiger partial charge in [0.2, 0.25) is 0 Å². The number of aryl methyl sites for hydroxylation is 1. The highest BCUT2D eigenvalue weighted by Crippen LogP contribution is 2.22. The smallest absolute Gasteiger partial charge is 0.258 e. The van der Waals surface area contributed by atoms with Crippen molar-refractivity contribution in [3.63, 3.8) is 0 Å². The SMILES string of the molecule is COC(C(=O)Nc1cc(N)ccc1C)c1ccccc1. The fourth-order valence-corrected chi connectivity index (χ4v) is 1.99. The van der Waals surface area contributed by atoms with Crippen LogP contribution in [0.4, 0.5) is 11.4 Å². The van der Waals surface area contributed by atoms with Gasteiger partial charge in [0, 0.05) is 18.5 Å². The van der Waals surface area contributed by atoms with Crippen LogP contribution in [-0.2, 0) is 9.53 Å². The second-order valence-electron chi connectivity index (χ2n) is 4.59. The number of benzene rings is 2.